The highest BCUT2D eigenvalue weighted by atomic mass is 32.2. The fourth-order valence-corrected chi connectivity index (χ4v) is 4.07. The van der Waals surface area contributed by atoms with Gasteiger partial charge >= 0.3 is 0 Å². The molecule has 0 saturated carbocycles. The first-order valence-electron chi connectivity index (χ1n) is 7.37. The van der Waals surface area contributed by atoms with Gasteiger partial charge in [0.25, 0.3) is 16.0 Å². The molecule has 0 saturated heterocycles. The molecule has 2 N–H and O–H groups in total. The summed E-state index contributed by atoms with van der Waals surface area (Å²) in [5.74, 6) is -1.19. The van der Waals surface area contributed by atoms with E-state index >= 15 is 0 Å². The van der Waals surface area contributed by atoms with Crippen LogP contribution in [0.2, 0.25) is 0 Å². The number of benzene rings is 2. The van der Waals surface area contributed by atoms with Crippen molar-refractivity contribution in [2.75, 3.05) is 0 Å². The van der Waals surface area contributed by atoms with Crippen LogP contribution in [0.5, 0.6) is 0 Å². The number of hydrogen-bond acceptors (Lipinski definition) is 4. The summed E-state index contributed by atoms with van der Waals surface area (Å²) in [6.07, 6.45) is 0. The van der Waals surface area contributed by atoms with Crippen LogP contribution in [0.1, 0.15) is 21.5 Å². The van der Waals surface area contributed by atoms with Gasteiger partial charge in [-0.1, -0.05) is 54.6 Å². The maximum Gasteiger partial charge on any atom is 0.295 e. The molecule has 25 heavy (non-hydrogen) atoms. The fourth-order valence-electron chi connectivity index (χ4n) is 3.16. The summed E-state index contributed by atoms with van der Waals surface area (Å²) in [6, 6.07) is 14.7. The predicted molar refractivity (Wildman–Crippen MR) is 90.7 cm³/mol. The molecule has 0 radical (unpaired) electrons. The third kappa shape index (κ3) is 2.25. The lowest BCUT2D eigenvalue weighted by Gasteiger charge is -2.19. The summed E-state index contributed by atoms with van der Waals surface area (Å²) in [6.45, 7) is 0. The summed E-state index contributed by atoms with van der Waals surface area (Å²) in [4.78, 5) is 24.9. The van der Waals surface area contributed by atoms with Crippen LogP contribution in [0.3, 0.4) is 0 Å². The summed E-state index contributed by atoms with van der Waals surface area (Å²) >= 11 is 0. The van der Waals surface area contributed by atoms with Crippen LogP contribution in [0.25, 0.3) is 10.6 Å². The van der Waals surface area contributed by atoms with Crippen molar-refractivity contribution in [3.05, 3.63) is 82.4 Å². The predicted octanol–water partition coefficient (Wildman–Crippen LogP) is 2.02. The van der Waals surface area contributed by atoms with E-state index < -0.39 is 26.7 Å². The Kier molecular flexibility index (Phi) is 3.24. The van der Waals surface area contributed by atoms with Crippen LogP contribution in [0, 0.1) is 0 Å². The second-order valence-corrected chi connectivity index (χ2v) is 6.98. The van der Waals surface area contributed by atoms with Crippen LogP contribution >= 0.6 is 0 Å². The van der Waals surface area contributed by atoms with Crippen molar-refractivity contribution in [2.45, 2.75) is 0 Å². The third-order valence-corrected chi connectivity index (χ3v) is 5.10. The number of Topliss-reactive ketones (excluding diaryl/α,β-unsaturated/α-hetero) is 1. The molecule has 0 unspecified atom stereocenters. The normalized spacial score (nSPS) is 16.7. The first-order chi connectivity index (χ1) is 11.9. The van der Waals surface area contributed by atoms with E-state index in [0.29, 0.717) is 5.56 Å². The summed E-state index contributed by atoms with van der Waals surface area (Å²) < 4.78 is 33.6. The Morgan fingerprint density at radius 1 is 0.800 bits per heavy atom. The van der Waals surface area contributed by atoms with Gasteiger partial charge in [0.15, 0.2) is 5.78 Å². The number of carbonyl (C=O) groups is 2. The molecule has 0 fully saturated rings. The monoisotopic (exact) mass is 353 g/mol. The van der Waals surface area contributed by atoms with Crippen LogP contribution in [0.4, 0.5) is 0 Å². The average Bonchev–Trinajstić information content (AvgIpc) is 2.93. The molecule has 1 aliphatic carbocycles. The van der Waals surface area contributed by atoms with Gasteiger partial charge in [-0.25, -0.2) is 0 Å². The molecule has 1 amide bonds. The molecule has 0 bridgehead atoms. The van der Waals surface area contributed by atoms with E-state index in [4.69, 9.17) is 0 Å². The van der Waals surface area contributed by atoms with Gasteiger partial charge in [0.2, 0.25) is 0 Å². The van der Waals surface area contributed by atoms with Crippen molar-refractivity contribution >= 4 is 32.4 Å². The number of hydrogen-bond donors (Lipinski definition) is 2. The molecule has 0 aromatic heterocycles. The second-order valence-electron chi connectivity index (χ2n) is 5.62. The molecule has 0 atom stereocenters. The lowest BCUT2D eigenvalue weighted by atomic mass is 9.86. The van der Waals surface area contributed by atoms with Gasteiger partial charge in [0.05, 0.1) is 16.8 Å². The Labute approximate surface area is 143 Å². The molecule has 0 spiro atoms. The maximum absolute atomic E-state index is 12.9. The van der Waals surface area contributed by atoms with Crippen molar-refractivity contribution in [2.24, 2.45) is 0 Å². The zero-order valence-electron chi connectivity index (χ0n) is 12.7. The van der Waals surface area contributed by atoms with Gasteiger partial charge in [0.1, 0.15) is 4.91 Å². The van der Waals surface area contributed by atoms with Crippen molar-refractivity contribution < 1.29 is 22.6 Å². The van der Waals surface area contributed by atoms with Crippen LogP contribution in [-0.4, -0.2) is 24.7 Å². The van der Waals surface area contributed by atoms with E-state index in [0.717, 1.165) is 0 Å². The molecule has 1 aliphatic heterocycles. The minimum Gasteiger partial charge on any atom is -0.321 e. The van der Waals surface area contributed by atoms with Crippen molar-refractivity contribution in [1.29, 1.82) is 0 Å². The Bertz CT molecular complexity index is 1110. The Morgan fingerprint density at radius 3 is 2.04 bits per heavy atom. The van der Waals surface area contributed by atoms with Gasteiger partial charge in [-0.05, 0) is 5.56 Å². The van der Waals surface area contributed by atoms with Crippen LogP contribution < -0.4 is 5.32 Å². The number of fused-ring (bicyclic) bond motifs is 2. The van der Waals surface area contributed by atoms with E-state index in [2.05, 4.69) is 5.32 Å². The SMILES string of the molecule is O=C1NC(c2ccccc2)=C2C(=O)c3ccccc3C(S(=O)(=O)O)=C12. The zero-order chi connectivity index (χ0) is 17.8. The molecule has 2 aromatic rings. The summed E-state index contributed by atoms with van der Waals surface area (Å²) in [5, 5.41) is 2.57. The smallest absolute Gasteiger partial charge is 0.295 e. The van der Waals surface area contributed by atoms with Gasteiger partial charge in [-0.3, -0.25) is 14.1 Å². The van der Waals surface area contributed by atoms with Gasteiger partial charge in [-0.15, -0.1) is 0 Å². The zero-order valence-corrected chi connectivity index (χ0v) is 13.5. The van der Waals surface area contributed by atoms with Crippen LogP contribution in [0.15, 0.2) is 65.7 Å². The first kappa shape index (κ1) is 15.5. The molecule has 6 nitrogen and oxygen atoms in total. The molecule has 2 aliphatic rings. The summed E-state index contributed by atoms with van der Waals surface area (Å²) in [5.41, 5.74) is 0.606. The molecule has 2 aromatic carbocycles. The number of ketones is 1. The molecular formula is C18H11NO5S. The average molecular weight is 353 g/mol. The first-order valence-corrected chi connectivity index (χ1v) is 8.81. The second kappa shape index (κ2) is 5.23. The van der Waals surface area contributed by atoms with Crippen molar-refractivity contribution in [3.8, 4) is 0 Å². The van der Waals surface area contributed by atoms with Gasteiger partial charge < -0.3 is 5.32 Å². The Balaban J connectivity index is 2.14. The lowest BCUT2D eigenvalue weighted by molar-refractivity contribution is -0.115. The molecule has 124 valence electrons. The van der Waals surface area contributed by atoms with Crippen molar-refractivity contribution in [3.63, 3.8) is 0 Å². The number of carbonyl (C=O) groups excluding carboxylic acids is 2. The molecule has 1 heterocycles. The highest BCUT2D eigenvalue weighted by Gasteiger charge is 2.43. The quantitative estimate of drug-likeness (QED) is 0.805. The van der Waals surface area contributed by atoms with E-state index in [9.17, 15) is 22.6 Å². The maximum atomic E-state index is 12.9. The van der Waals surface area contributed by atoms with Crippen molar-refractivity contribution in [1.82, 2.24) is 5.32 Å². The third-order valence-electron chi connectivity index (χ3n) is 4.16. The van der Waals surface area contributed by atoms with E-state index in [1.54, 1.807) is 36.4 Å². The number of nitrogens with one attached hydrogen (secondary N) is 1. The topological polar surface area (TPSA) is 101 Å². The van der Waals surface area contributed by atoms with E-state index in [-0.39, 0.29) is 28.0 Å². The minimum absolute atomic E-state index is 0.0261. The fraction of sp³-hybridized carbons (Fsp3) is 0. The highest BCUT2D eigenvalue weighted by molar-refractivity contribution is 7.95. The largest absolute Gasteiger partial charge is 0.321 e. The lowest BCUT2D eigenvalue weighted by Crippen LogP contribution is -2.22. The highest BCUT2D eigenvalue weighted by Crippen LogP contribution is 2.42. The van der Waals surface area contributed by atoms with E-state index in [1.165, 1.54) is 18.2 Å². The Morgan fingerprint density at radius 2 is 1.40 bits per heavy atom. The minimum atomic E-state index is -4.72. The molecule has 7 heteroatoms. The van der Waals surface area contributed by atoms with Gasteiger partial charge in [0, 0.05) is 11.1 Å². The van der Waals surface area contributed by atoms with Crippen LogP contribution in [-0.2, 0) is 14.9 Å². The molecular weight excluding hydrogens is 342 g/mol. The number of rotatable bonds is 2. The van der Waals surface area contributed by atoms with Gasteiger partial charge in [-0.2, -0.15) is 8.42 Å². The number of amides is 1. The molecule has 4 rings (SSSR count). The standard InChI is InChI=1S/C18H11NO5S/c20-16-11-8-4-5-9-12(11)17(25(22,23)24)14-13(16)15(19-18(14)21)10-6-2-1-3-7-10/h1-9H,(H,19,21)(H,22,23,24). The Hall–Kier alpha value is -3.03. The van der Waals surface area contributed by atoms with E-state index in [1.807, 2.05) is 0 Å². The summed E-state index contributed by atoms with van der Waals surface area (Å²) in [7, 11) is -4.72.